The molecule has 21 heavy (non-hydrogen) atoms. The van der Waals surface area contributed by atoms with E-state index in [9.17, 15) is 0 Å². The van der Waals surface area contributed by atoms with Gasteiger partial charge in [-0.3, -0.25) is 0 Å². The van der Waals surface area contributed by atoms with Crippen LogP contribution in [0.5, 0.6) is 0 Å². The molecule has 1 N–H and O–H groups in total. The average molecular weight is 277 g/mol. The van der Waals surface area contributed by atoms with Gasteiger partial charge >= 0.3 is 0 Å². The van der Waals surface area contributed by atoms with Crippen LogP contribution in [0.25, 0.3) is 16.6 Å². The van der Waals surface area contributed by atoms with Crippen molar-refractivity contribution >= 4 is 22.6 Å². The molecule has 0 unspecified atom stereocenters. The van der Waals surface area contributed by atoms with Crippen LogP contribution in [0.1, 0.15) is 12.0 Å². The second-order valence-electron chi connectivity index (χ2n) is 5.08. The average Bonchev–Trinajstić information content (AvgIpc) is 3.00. The third-order valence-electron chi connectivity index (χ3n) is 3.84. The van der Waals surface area contributed by atoms with Gasteiger partial charge in [-0.2, -0.15) is 0 Å². The van der Waals surface area contributed by atoms with E-state index in [0.717, 1.165) is 31.1 Å². The van der Waals surface area contributed by atoms with Gasteiger partial charge < -0.3 is 9.88 Å². The molecule has 0 fully saturated rings. The summed E-state index contributed by atoms with van der Waals surface area (Å²) in [5.74, 6) is 0.799. The first-order valence-electron chi connectivity index (χ1n) is 7.05. The molecule has 4 rings (SSSR count). The minimum absolute atomic E-state index is 0.799. The van der Waals surface area contributed by atoms with Crippen LogP contribution >= 0.6 is 0 Å². The molecule has 5 nitrogen and oxygen atoms in total. The van der Waals surface area contributed by atoms with Crippen molar-refractivity contribution in [3.63, 3.8) is 0 Å². The molecule has 104 valence electrons. The number of aromatic amines is 1. The largest absolute Gasteiger partial charge is 0.346 e. The second kappa shape index (κ2) is 5.01. The third kappa shape index (κ3) is 2.16. The molecule has 3 aromatic rings. The number of H-pyrrole nitrogens is 1. The van der Waals surface area contributed by atoms with Crippen molar-refractivity contribution < 1.29 is 0 Å². The van der Waals surface area contributed by atoms with Crippen molar-refractivity contribution in [2.24, 2.45) is 0 Å². The maximum atomic E-state index is 4.35. The van der Waals surface area contributed by atoms with Crippen molar-refractivity contribution in [3.8, 4) is 0 Å². The Labute approximate surface area is 122 Å². The summed E-state index contributed by atoms with van der Waals surface area (Å²) in [6, 6.07) is 5.93. The maximum Gasteiger partial charge on any atom is 0.225 e. The summed E-state index contributed by atoms with van der Waals surface area (Å²) in [7, 11) is 0. The van der Waals surface area contributed by atoms with Crippen molar-refractivity contribution in [3.05, 3.63) is 54.6 Å². The van der Waals surface area contributed by atoms with Crippen LogP contribution in [-0.2, 0) is 0 Å². The first-order valence-corrected chi connectivity index (χ1v) is 7.05. The van der Waals surface area contributed by atoms with Crippen LogP contribution in [0.4, 0.5) is 5.95 Å². The molecule has 1 aliphatic rings. The summed E-state index contributed by atoms with van der Waals surface area (Å²) in [5.41, 5.74) is 3.57. The molecule has 0 amide bonds. The minimum Gasteiger partial charge on any atom is -0.346 e. The number of anilines is 1. The lowest BCUT2D eigenvalue weighted by Crippen LogP contribution is -2.29. The molecular formula is C16H15N5. The monoisotopic (exact) mass is 277 g/mol. The summed E-state index contributed by atoms with van der Waals surface area (Å²) in [4.78, 5) is 18.4. The molecular weight excluding hydrogens is 262 g/mol. The van der Waals surface area contributed by atoms with Crippen molar-refractivity contribution in [1.29, 1.82) is 0 Å². The summed E-state index contributed by atoms with van der Waals surface area (Å²) in [5, 5.41) is 1.19. The number of nitrogens with zero attached hydrogens (tertiary/aromatic N) is 4. The molecule has 0 aliphatic carbocycles. The lowest BCUT2D eigenvalue weighted by atomic mass is 10.00. The highest BCUT2D eigenvalue weighted by atomic mass is 15.2. The molecule has 0 spiro atoms. The number of hydrogen-bond donors (Lipinski definition) is 1. The zero-order valence-electron chi connectivity index (χ0n) is 11.5. The van der Waals surface area contributed by atoms with Gasteiger partial charge in [-0.25, -0.2) is 15.0 Å². The first kappa shape index (κ1) is 12.1. The molecule has 0 aromatic carbocycles. The van der Waals surface area contributed by atoms with Crippen molar-refractivity contribution in [2.45, 2.75) is 6.42 Å². The Morgan fingerprint density at radius 1 is 1.05 bits per heavy atom. The van der Waals surface area contributed by atoms with E-state index >= 15 is 0 Å². The van der Waals surface area contributed by atoms with Gasteiger partial charge in [-0.1, -0.05) is 6.08 Å². The van der Waals surface area contributed by atoms with E-state index in [1.54, 1.807) is 12.4 Å². The lowest BCUT2D eigenvalue weighted by Gasteiger charge is -2.26. The standard InChI is InChI=1S/C16H15N5/c1-3-13-14(11-20-15(13)17-6-1)12-4-9-21(10-5-12)16-18-7-2-8-19-16/h1-4,6-8,11H,5,9-10H2,(H,17,20). The number of rotatable bonds is 2. The third-order valence-corrected chi connectivity index (χ3v) is 3.84. The van der Waals surface area contributed by atoms with Gasteiger partial charge in [0.1, 0.15) is 5.65 Å². The number of aromatic nitrogens is 4. The zero-order valence-corrected chi connectivity index (χ0v) is 11.5. The Balaban J connectivity index is 1.62. The number of pyridine rings is 1. The van der Waals surface area contributed by atoms with Crippen molar-refractivity contribution in [1.82, 2.24) is 19.9 Å². The van der Waals surface area contributed by atoms with Crippen LogP contribution in [0.3, 0.4) is 0 Å². The van der Waals surface area contributed by atoms with Crippen LogP contribution in [0, 0.1) is 0 Å². The zero-order chi connectivity index (χ0) is 14.1. The van der Waals surface area contributed by atoms with Gasteiger partial charge in [0.05, 0.1) is 0 Å². The molecule has 3 aromatic heterocycles. The van der Waals surface area contributed by atoms with Crippen LogP contribution < -0.4 is 4.90 Å². The number of fused-ring (bicyclic) bond motifs is 1. The number of hydrogen-bond acceptors (Lipinski definition) is 4. The molecule has 0 radical (unpaired) electrons. The fourth-order valence-corrected chi connectivity index (χ4v) is 2.77. The first-order chi connectivity index (χ1) is 10.4. The summed E-state index contributed by atoms with van der Waals surface area (Å²) < 4.78 is 0. The van der Waals surface area contributed by atoms with E-state index < -0.39 is 0 Å². The highest BCUT2D eigenvalue weighted by molar-refractivity contribution is 5.90. The fourth-order valence-electron chi connectivity index (χ4n) is 2.77. The van der Waals surface area contributed by atoms with E-state index in [0.29, 0.717) is 0 Å². The molecule has 4 heterocycles. The highest BCUT2D eigenvalue weighted by Gasteiger charge is 2.17. The van der Waals surface area contributed by atoms with Gasteiger partial charge in [0, 0.05) is 48.8 Å². The van der Waals surface area contributed by atoms with Crippen LogP contribution in [-0.4, -0.2) is 33.0 Å². The van der Waals surface area contributed by atoms with Gasteiger partial charge in [-0.05, 0) is 30.2 Å². The minimum atomic E-state index is 0.799. The second-order valence-corrected chi connectivity index (χ2v) is 5.08. The molecule has 0 bridgehead atoms. The fraction of sp³-hybridized carbons (Fsp3) is 0.188. The smallest absolute Gasteiger partial charge is 0.225 e. The summed E-state index contributed by atoms with van der Waals surface area (Å²) >= 11 is 0. The van der Waals surface area contributed by atoms with E-state index in [-0.39, 0.29) is 0 Å². The molecule has 0 saturated carbocycles. The predicted octanol–water partition coefficient (Wildman–Crippen LogP) is 2.65. The van der Waals surface area contributed by atoms with Crippen LogP contribution in [0.2, 0.25) is 0 Å². The Hall–Kier alpha value is -2.69. The van der Waals surface area contributed by atoms with Gasteiger partial charge in [-0.15, -0.1) is 0 Å². The normalized spacial score (nSPS) is 15.2. The summed E-state index contributed by atoms with van der Waals surface area (Å²) in [6.07, 6.45) is 10.7. The highest BCUT2D eigenvalue weighted by Crippen LogP contribution is 2.28. The predicted molar refractivity (Wildman–Crippen MR) is 82.9 cm³/mol. The molecule has 0 atom stereocenters. The Morgan fingerprint density at radius 3 is 2.71 bits per heavy atom. The van der Waals surface area contributed by atoms with E-state index in [1.807, 2.05) is 18.3 Å². The molecule has 1 aliphatic heterocycles. The van der Waals surface area contributed by atoms with Crippen molar-refractivity contribution in [2.75, 3.05) is 18.0 Å². The Morgan fingerprint density at radius 2 is 1.90 bits per heavy atom. The number of nitrogens with one attached hydrogen (secondary N) is 1. The summed E-state index contributed by atoms with van der Waals surface area (Å²) in [6.45, 7) is 1.77. The molecule has 0 saturated heterocycles. The van der Waals surface area contributed by atoms with Gasteiger partial charge in [0.25, 0.3) is 0 Å². The van der Waals surface area contributed by atoms with Gasteiger partial charge in [0.15, 0.2) is 0 Å². The topological polar surface area (TPSA) is 57.7 Å². The van der Waals surface area contributed by atoms with E-state index in [2.05, 4.69) is 43.2 Å². The quantitative estimate of drug-likeness (QED) is 0.782. The van der Waals surface area contributed by atoms with E-state index in [1.165, 1.54) is 16.5 Å². The Bertz CT molecular complexity index is 791. The lowest BCUT2D eigenvalue weighted by molar-refractivity contribution is 0.796. The Kier molecular flexibility index (Phi) is 2.88. The SMILES string of the molecule is C1=C(c2c[nH]c3ncccc23)CCN(c2ncccn2)C1. The molecule has 5 heteroatoms. The van der Waals surface area contributed by atoms with Crippen LogP contribution in [0.15, 0.2) is 49.1 Å². The maximum absolute atomic E-state index is 4.35. The van der Waals surface area contributed by atoms with Gasteiger partial charge in [0.2, 0.25) is 5.95 Å². The van der Waals surface area contributed by atoms with E-state index in [4.69, 9.17) is 0 Å².